The van der Waals surface area contributed by atoms with Crippen LogP contribution in [0.15, 0.2) is 42.5 Å². The van der Waals surface area contributed by atoms with E-state index in [1.165, 1.54) is 6.42 Å². The second-order valence-electron chi connectivity index (χ2n) is 7.53. The molecule has 1 aromatic heterocycles. The second kappa shape index (κ2) is 9.39. The van der Waals surface area contributed by atoms with E-state index in [2.05, 4.69) is 20.1 Å². The number of fused-ring (bicyclic) bond motifs is 1. The minimum Gasteiger partial charge on any atom is -0.495 e. The number of carbonyl (C=O) groups excluding carboxylic acids is 1. The zero-order valence-electron chi connectivity index (χ0n) is 17.6. The number of hydrogen-bond acceptors (Lipinski definition) is 5. The lowest BCUT2D eigenvalue weighted by Crippen LogP contribution is -2.30. The van der Waals surface area contributed by atoms with Crippen molar-refractivity contribution in [2.75, 3.05) is 12.4 Å². The lowest BCUT2D eigenvalue weighted by atomic mass is 10.2. The lowest BCUT2D eigenvalue weighted by Gasteiger charge is -2.16. The van der Waals surface area contributed by atoms with Gasteiger partial charge in [-0.05, 0) is 50.1 Å². The van der Waals surface area contributed by atoms with Crippen molar-refractivity contribution < 1.29 is 14.3 Å². The number of hydrogen-bond donors (Lipinski definition) is 1. The van der Waals surface area contributed by atoms with E-state index in [4.69, 9.17) is 21.1 Å². The van der Waals surface area contributed by atoms with Gasteiger partial charge in [0.25, 0.3) is 5.91 Å². The molecule has 0 unspecified atom stereocenters. The molecular formula is C23H25ClN4O3. The summed E-state index contributed by atoms with van der Waals surface area (Å²) in [7, 11) is 1.54. The van der Waals surface area contributed by atoms with Crippen LogP contribution in [0.25, 0.3) is 11.4 Å². The first-order chi connectivity index (χ1) is 15.0. The molecule has 1 atom stereocenters. The van der Waals surface area contributed by atoms with Crippen molar-refractivity contribution in [1.29, 1.82) is 0 Å². The predicted octanol–water partition coefficient (Wildman–Crippen LogP) is 4.74. The van der Waals surface area contributed by atoms with Gasteiger partial charge >= 0.3 is 0 Å². The van der Waals surface area contributed by atoms with Gasteiger partial charge in [-0.25, -0.2) is 0 Å². The average Bonchev–Trinajstić information content (AvgIpc) is 3.02. The monoisotopic (exact) mass is 440 g/mol. The zero-order chi connectivity index (χ0) is 21.8. The number of amides is 1. The maximum atomic E-state index is 12.6. The normalized spacial score (nSPS) is 14.3. The summed E-state index contributed by atoms with van der Waals surface area (Å²) < 4.78 is 13.2. The van der Waals surface area contributed by atoms with Crippen LogP contribution in [-0.4, -0.2) is 33.9 Å². The summed E-state index contributed by atoms with van der Waals surface area (Å²) in [5.41, 5.74) is 1.50. The highest BCUT2D eigenvalue weighted by atomic mass is 35.5. The molecule has 1 aliphatic heterocycles. The van der Waals surface area contributed by atoms with Crippen LogP contribution < -0.4 is 14.8 Å². The molecule has 1 amide bonds. The number of rotatable bonds is 6. The number of nitrogens with one attached hydrogen (secondary N) is 1. The number of carbonyl (C=O) groups is 1. The van der Waals surface area contributed by atoms with Crippen LogP contribution in [0.4, 0.5) is 5.69 Å². The molecule has 31 heavy (non-hydrogen) atoms. The van der Waals surface area contributed by atoms with Gasteiger partial charge < -0.3 is 19.4 Å². The van der Waals surface area contributed by atoms with Crippen molar-refractivity contribution in [1.82, 2.24) is 14.8 Å². The first-order valence-electron chi connectivity index (χ1n) is 10.4. The van der Waals surface area contributed by atoms with Gasteiger partial charge in [-0.3, -0.25) is 4.79 Å². The van der Waals surface area contributed by atoms with E-state index in [0.29, 0.717) is 22.2 Å². The lowest BCUT2D eigenvalue weighted by molar-refractivity contribution is -0.122. The summed E-state index contributed by atoms with van der Waals surface area (Å²) in [5, 5.41) is 12.0. The molecule has 0 radical (unpaired) electrons. The zero-order valence-corrected chi connectivity index (χ0v) is 18.4. The molecule has 0 saturated heterocycles. The summed E-state index contributed by atoms with van der Waals surface area (Å²) in [4.78, 5) is 12.6. The topological polar surface area (TPSA) is 78.3 Å². The van der Waals surface area contributed by atoms with Crippen molar-refractivity contribution in [3.63, 3.8) is 0 Å². The van der Waals surface area contributed by atoms with Crippen molar-refractivity contribution in [3.8, 4) is 22.9 Å². The summed E-state index contributed by atoms with van der Waals surface area (Å²) >= 11 is 6.13. The van der Waals surface area contributed by atoms with Gasteiger partial charge in [-0.15, -0.1) is 10.2 Å². The quantitative estimate of drug-likeness (QED) is 0.599. The summed E-state index contributed by atoms with van der Waals surface area (Å²) in [5.74, 6) is 2.74. The van der Waals surface area contributed by atoms with Crippen LogP contribution in [0.1, 0.15) is 32.0 Å². The van der Waals surface area contributed by atoms with Gasteiger partial charge in [0.1, 0.15) is 17.3 Å². The number of anilines is 1. The molecule has 0 bridgehead atoms. The number of halogens is 1. The highest BCUT2D eigenvalue weighted by Crippen LogP contribution is 2.28. The number of aromatic nitrogens is 3. The van der Waals surface area contributed by atoms with Gasteiger partial charge in [0, 0.05) is 24.2 Å². The number of benzene rings is 2. The Labute approximate surface area is 186 Å². The number of nitrogens with zero attached hydrogens (tertiary/aromatic N) is 3. The van der Waals surface area contributed by atoms with Gasteiger partial charge in [0.15, 0.2) is 11.9 Å². The van der Waals surface area contributed by atoms with Crippen LogP contribution in [-0.2, 0) is 17.8 Å². The molecule has 1 N–H and O–H groups in total. The number of aryl methyl sites for hydroxylation is 1. The molecule has 3 aromatic rings. The molecule has 2 aromatic carbocycles. The van der Waals surface area contributed by atoms with Gasteiger partial charge in [0.05, 0.1) is 12.1 Å². The molecule has 0 spiro atoms. The van der Waals surface area contributed by atoms with E-state index in [0.717, 1.165) is 43.0 Å². The SMILES string of the molecule is COc1ccc(NC(=O)[C@H](C)Oc2cccc(-c3nnc4n3CCCCC4)c2)cc1Cl. The summed E-state index contributed by atoms with van der Waals surface area (Å²) in [6, 6.07) is 12.7. The highest BCUT2D eigenvalue weighted by Gasteiger charge is 2.18. The first-order valence-corrected chi connectivity index (χ1v) is 10.8. The Morgan fingerprint density at radius 1 is 1.16 bits per heavy atom. The van der Waals surface area contributed by atoms with Crippen molar-refractivity contribution in [2.24, 2.45) is 0 Å². The van der Waals surface area contributed by atoms with E-state index < -0.39 is 6.10 Å². The number of methoxy groups -OCH3 is 1. The van der Waals surface area contributed by atoms with E-state index in [9.17, 15) is 4.79 Å². The largest absolute Gasteiger partial charge is 0.495 e. The first kappa shape index (κ1) is 21.2. The van der Waals surface area contributed by atoms with Crippen LogP contribution in [0.3, 0.4) is 0 Å². The Morgan fingerprint density at radius 3 is 2.84 bits per heavy atom. The van der Waals surface area contributed by atoms with Gasteiger partial charge in [0.2, 0.25) is 0 Å². The van der Waals surface area contributed by atoms with E-state index in [1.807, 2.05) is 24.3 Å². The minimum atomic E-state index is -0.702. The fourth-order valence-corrected chi connectivity index (χ4v) is 3.91. The Morgan fingerprint density at radius 2 is 2.03 bits per heavy atom. The van der Waals surface area contributed by atoms with Crippen molar-refractivity contribution in [3.05, 3.63) is 53.3 Å². The summed E-state index contributed by atoms with van der Waals surface area (Å²) in [6.45, 7) is 2.63. The third kappa shape index (κ3) is 4.82. The molecule has 1 aliphatic rings. The van der Waals surface area contributed by atoms with Gasteiger partial charge in [-0.2, -0.15) is 0 Å². The Bertz CT molecular complexity index is 1080. The third-order valence-corrected chi connectivity index (χ3v) is 5.60. The van der Waals surface area contributed by atoms with Crippen molar-refractivity contribution >= 4 is 23.2 Å². The third-order valence-electron chi connectivity index (χ3n) is 5.30. The van der Waals surface area contributed by atoms with Crippen LogP contribution in [0.5, 0.6) is 11.5 Å². The molecular weight excluding hydrogens is 416 g/mol. The molecule has 2 heterocycles. The standard InChI is InChI=1S/C23H25ClN4O3/c1-15(23(29)25-17-10-11-20(30-2)19(24)14-17)31-18-8-6-7-16(13-18)22-27-26-21-9-4-3-5-12-28(21)22/h6-8,10-11,13-15H,3-5,9,12H2,1-2H3,(H,25,29)/t15-/m0/s1. The van der Waals surface area contributed by atoms with Gasteiger partial charge in [-0.1, -0.05) is 30.2 Å². The molecule has 0 saturated carbocycles. The smallest absolute Gasteiger partial charge is 0.265 e. The molecule has 162 valence electrons. The van der Waals surface area contributed by atoms with Crippen molar-refractivity contribution in [2.45, 2.75) is 45.3 Å². The highest BCUT2D eigenvalue weighted by molar-refractivity contribution is 6.32. The molecule has 7 nitrogen and oxygen atoms in total. The Kier molecular flexibility index (Phi) is 6.42. The van der Waals surface area contributed by atoms with E-state index in [1.54, 1.807) is 32.2 Å². The molecule has 0 fully saturated rings. The molecule has 0 aliphatic carbocycles. The van der Waals surface area contributed by atoms with E-state index >= 15 is 0 Å². The number of ether oxygens (including phenoxy) is 2. The van der Waals surface area contributed by atoms with E-state index in [-0.39, 0.29) is 5.91 Å². The summed E-state index contributed by atoms with van der Waals surface area (Å²) in [6.07, 6.45) is 3.73. The maximum absolute atomic E-state index is 12.6. The molecule has 4 rings (SSSR count). The Balaban J connectivity index is 1.46. The fourth-order valence-electron chi connectivity index (χ4n) is 3.65. The van der Waals surface area contributed by atoms with Crippen LogP contribution >= 0.6 is 11.6 Å². The second-order valence-corrected chi connectivity index (χ2v) is 7.94. The van der Waals surface area contributed by atoms with Crippen LogP contribution in [0, 0.1) is 0 Å². The average molecular weight is 441 g/mol. The maximum Gasteiger partial charge on any atom is 0.265 e. The van der Waals surface area contributed by atoms with Crippen LogP contribution in [0.2, 0.25) is 5.02 Å². The molecule has 8 heteroatoms. The Hall–Kier alpha value is -3.06. The fraction of sp³-hybridized carbons (Fsp3) is 0.348. The minimum absolute atomic E-state index is 0.275. The predicted molar refractivity (Wildman–Crippen MR) is 120 cm³/mol.